The highest BCUT2D eigenvalue weighted by atomic mass is 32.2. The molecule has 0 aromatic heterocycles. The minimum Gasteiger partial charge on any atom is -0.493 e. The number of methoxy groups -OCH3 is 2. The predicted octanol–water partition coefficient (Wildman–Crippen LogP) is 7.01. The maximum atomic E-state index is 13.7. The SMILES string of the molecule is COc1ccc(/C=C(/NC(=O)c2ccccc2)C(=O)Nc2cccc(SC(C)C(=O)Nc3cccc4c3C(=O)c3ccccc3C4=O)c2)cc1OC. The Bertz CT molecular complexity index is 2250. The summed E-state index contributed by atoms with van der Waals surface area (Å²) in [6.45, 7) is 1.71. The third kappa shape index (κ3) is 7.64. The molecule has 0 bridgehead atoms. The van der Waals surface area contributed by atoms with Gasteiger partial charge in [0.25, 0.3) is 11.8 Å². The predicted molar refractivity (Wildman–Crippen MR) is 200 cm³/mol. The summed E-state index contributed by atoms with van der Waals surface area (Å²) < 4.78 is 10.7. The lowest BCUT2D eigenvalue weighted by Crippen LogP contribution is -2.30. The number of hydrogen-bond donors (Lipinski definition) is 3. The lowest BCUT2D eigenvalue weighted by atomic mass is 9.83. The van der Waals surface area contributed by atoms with E-state index < -0.39 is 17.1 Å². The highest BCUT2D eigenvalue weighted by molar-refractivity contribution is 8.00. The van der Waals surface area contributed by atoms with E-state index in [4.69, 9.17) is 9.47 Å². The molecule has 52 heavy (non-hydrogen) atoms. The number of thioether (sulfide) groups is 1. The molecule has 260 valence electrons. The third-order valence-electron chi connectivity index (χ3n) is 8.23. The van der Waals surface area contributed by atoms with Gasteiger partial charge in [-0.2, -0.15) is 0 Å². The van der Waals surface area contributed by atoms with Crippen molar-refractivity contribution in [3.63, 3.8) is 0 Å². The first-order valence-corrected chi connectivity index (χ1v) is 17.0. The largest absolute Gasteiger partial charge is 0.493 e. The number of amides is 3. The highest BCUT2D eigenvalue weighted by Gasteiger charge is 2.32. The summed E-state index contributed by atoms with van der Waals surface area (Å²) in [6.07, 6.45) is 1.53. The molecule has 1 aliphatic carbocycles. The van der Waals surface area contributed by atoms with Gasteiger partial charge in [0.15, 0.2) is 23.1 Å². The number of carbonyl (C=O) groups excluding carboxylic acids is 5. The van der Waals surface area contributed by atoms with Crippen LogP contribution in [-0.4, -0.2) is 48.8 Å². The molecule has 0 spiro atoms. The molecule has 1 aliphatic rings. The summed E-state index contributed by atoms with van der Waals surface area (Å²) in [4.78, 5) is 67.4. The minimum atomic E-state index is -0.630. The van der Waals surface area contributed by atoms with Crippen molar-refractivity contribution in [3.8, 4) is 11.5 Å². The van der Waals surface area contributed by atoms with Gasteiger partial charge in [-0.15, -0.1) is 11.8 Å². The second-order valence-electron chi connectivity index (χ2n) is 11.7. The molecule has 1 atom stereocenters. The van der Waals surface area contributed by atoms with Crippen molar-refractivity contribution in [2.45, 2.75) is 17.1 Å². The average Bonchev–Trinajstić information content (AvgIpc) is 3.17. The van der Waals surface area contributed by atoms with Crippen molar-refractivity contribution < 1.29 is 33.4 Å². The molecule has 11 heteroatoms. The Hall–Kier alpha value is -6.46. The fraction of sp³-hybridized carbons (Fsp3) is 0.0976. The molecule has 0 heterocycles. The van der Waals surface area contributed by atoms with Crippen molar-refractivity contribution in [2.75, 3.05) is 24.9 Å². The van der Waals surface area contributed by atoms with Gasteiger partial charge in [0.1, 0.15) is 5.70 Å². The zero-order chi connectivity index (χ0) is 36.8. The van der Waals surface area contributed by atoms with Gasteiger partial charge in [-0.25, -0.2) is 0 Å². The van der Waals surface area contributed by atoms with Gasteiger partial charge in [0, 0.05) is 32.8 Å². The van der Waals surface area contributed by atoms with Gasteiger partial charge < -0.3 is 25.4 Å². The Kier molecular flexibility index (Phi) is 10.6. The molecule has 3 amide bonds. The highest BCUT2D eigenvalue weighted by Crippen LogP contribution is 2.33. The van der Waals surface area contributed by atoms with E-state index in [2.05, 4.69) is 16.0 Å². The maximum absolute atomic E-state index is 13.7. The first kappa shape index (κ1) is 35.4. The zero-order valence-electron chi connectivity index (χ0n) is 28.4. The molecule has 0 saturated carbocycles. The molecular weight excluding hydrogens is 679 g/mol. The van der Waals surface area contributed by atoms with Gasteiger partial charge in [-0.3, -0.25) is 24.0 Å². The number of nitrogens with one attached hydrogen (secondary N) is 3. The molecule has 5 aromatic rings. The maximum Gasteiger partial charge on any atom is 0.272 e. The average molecular weight is 712 g/mol. The van der Waals surface area contributed by atoms with E-state index in [0.29, 0.717) is 44.3 Å². The van der Waals surface area contributed by atoms with Crippen LogP contribution >= 0.6 is 11.8 Å². The summed E-state index contributed by atoms with van der Waals surface area (Å²) in [5, 5.41) is 7.77. The summed E-state index contributed by atoms with van der Waals surface area (Å²) >= 11 is 1.24. The number of ether oxygens (including phenoxy) is 2. The van der Waals surface area contributed by atoms with Crippen molar-refractivity contribution in [1.29, 1.82) is 0 Å². The van der Waals surface area contributed by atoms with Crippen LogP contribution in [-0.2, 0) is 9.59 Å². The van der Waals surface area contributed by atoms with Crippen LogP contribution < -0.4 is 25.4 Å². The van der Waals surface area contributed by atoms with Crippen LogP contribution in [0, 0.1) is 0 Å². The quantitative estimate of drug-likeness (QED) is 0.0964. The Morgan fingerprint density at radius 2 is 1.37 bits per heavy atom. The molecule has 0 saturated heterocycles. The van der Waals surface area contributed by atoms with E-state index in [1.165, 1.54) is 32.1 Å². The van der Waals surface area contributed by atoms with Crippen molar-refractivity contribution in [2.24, 2.45) is 0 Å². The molecule has 0 fully saturated rings. The molecule has 1 unspecified atom stereocenters. The summed E-state index contributed by atoms with van der Waals surface area (Å²) in [5.74, 6) is -1.08. The summed E-state index contributed by atoms with van der Waals surface area (Å²) in [7, 11) is 3.02. The second-order valence-corrected chi connectivity index (χ2v) is 13.1. The van der Waals surface area contributed by atoms with Crippen LogP contribution in [0.3, 0.4) is 0 Å². The molecule has 3 N–H and O–H groups in total. The number of ketones is 2. The number of rotatable bonds is 11. The standard InChI is InChI=1S/C41H33N3O7S/c1-24(39(47)43-32-18-10-17-31-36(32)38(46)30-16-8-7-15-29(30)37(31)45)52-28-14-9-13-27(23-28)42-41(49)33(44-40(48)26-11-5-4-6-12-26)21-25-19-20-34(50-2)35(22-25)51-3/h4-24H,1-3H3,(H,42,49)(H,43,47)(H,44,48)/b33-21+. The first-order valence-electron chi connectivity index (χ1n) is 16.2. The summed E-state index contributed by atoms with van der Waals surface area (Å²) in [5.41, 5.74) is 2.65. The minimum absolute atomic E-state index is 0.0197. The summed E-state index contributed by atoms with van der Waals surface area (Å²) in [6, 6.07) is 32.0. The Labute approximate surface area is 304 Å². The topological polar surface area (TPSA) is 140 Å². The Balaban J connectivity index is 1.18. The second kappa shape index (κ2) is 15.6. The monoisotopic (exact) mass is 711 g/mol. The number of benzene rings is 5. The molecule has 0 radical (unpaired) electrons. The third-order valence-corrected chi connectivity index (χ3v) is 9.33. The lowest BCUT2D eigenvalue weighted by Gasteiger charge is -2.21. The van der Waals surface area contributed by atoms with Crippen LogP contribution in [0.15, 0.2) is 126 Å². The van der Waals surface area contributed by atoms with Crippen LogP contribution in [0.25, 0.3) is 6.08 Å². The van der Waals surface area contributed by atoms with Gasteiger partial charge >= 0.3 is 0 Å². The van der Waals surface area contributed by atoms with Gasteiger partial charge in [0.05, 0.1) is 30.7 Å². The van der Waals surface area contributed by atoms with E-state index in [0.717, 1.165) is 0 Å². The van der Waals surface area contributed by atoms with Gasteiger partial charge in [0.2, 0.25) is 5.91 Å². The Morgan fingerprint density at radius 1 is 0.692 bits per heavy atom. The van der Waals surface area contributed by atoms with E-state index in [1.54, 1.807) is 122 Å². The van der Waals surface area contributed by atoms with E-state index in [-0.39, 0.29) is 40.0 Å². The van der Waals surface area contributed by atoms with Crippen LogP contribution in [0.2, 0.25) is 0 Å². The molecule has 6 rings (SSSR count). The normalized spacial score (nSPS) is 12.6. The first-order chi connectivity index (χ1) is 25.2. The number of hydrogen-bond acceptors (Lipinski definition) is 8. The molecular formula is C41H33N3O7S. The Morgan fingerprint density at radius 3 is 2.10 bits per heavy atom. The number of carbonyl (C=O) groups is 5. The zero-order valence-corrected chi connectivity index (χ0v) is 29.2. The molecule has 10 nitrogen and oxygen atoms in total. The van der Waals surface area contributed by atoms with E-state index in [1.807, 2.05) is 0 Å². The molecule has 0 aliphatic heterocycles. The number of anilines is 2. The van der Waals surface area contributed by atoms with Gasteiger partial charge in [-0.1, -0.05) is 66.7 Å². The van der Waals surface area contributed by atoms with E-state index >= 15 is 0 Å². The van der Waals surface area contributed by atoms with Crippen LogP contribution in [0.4, 0.5) is 11.4 Å². The number of fused-ring (bicyclic) bond motifs is 2. The molecule has 5 aromatic carbocycles. The van der Waals surface area contributed by atoms with Crippen LogP contribution in [0.1, 0.15) is 54.7 Å². The van der Waals surface area contributed by atoms with E-state index in [9.17, 15) is 24.0 Å². The van der Waals surface area contributed by atoms with Crippen molar-refractivity contribution >= 4 is 58.5 Å². The van der Waals surface area contributed by atoms with Gasteiger partial charge in [-0.05, 0) is 67.1 Å². The fourth-order valence-electron chi connectivity index (χ4n) is 5.64. The lowest BCUT2D eigenvalue weighted by molar-refractivity contribution is -0.115. The fourth-order valence-corrected chi connectivity index (χ4v) is 6.56. The van der Waals surface area contributed by atoms with Crippen molar-refractivity contribution in [1.82, 2.24) is 5.32 Å². The smallest absolute Gasteiger partial charge is 0.272 e. The van der Waals surface area contributed by atoms with Crippen LogP contribution in [0.5, 0.6) is 11.5 Å². The van der Waals surface area contributed by atoms with Crippen molar-refractivity contribution in [3.05, 3.63) is 154 Å².